The van der Waals surface area contributed by atoms with Crippen molar-refractivity contribution in [3.05, 3.63) is 89.9 Å². The standard InChI is InChI=1S/C21H19N5O/c27-21(24-14-19-8-1-2-10-22-19)15-5-4-9-18(11-15)23-12-16-6-3-7-17-13-25-26-20(16)17/h1-11,13,23H,12,14H2,(H,24,27)(H,25,26). The molecule has 0 aliphatic rings. The van der Waals surface area contributed by atoms with Crippen LogP contribution in [0.2, 0.25) is 0 Å². The Kier molecular flexibility index (Phi) is 4.78. The lowest BCUT2D eigenvalue weighted by molar-refractivity contribution is 0.0950. The van der Waals surface area contributed by atoms with Gasteiger partial charge in [0.15, 0.2) is 0 Å². The molecule has 0 aliphatic carbocycles. The van der Waals surface area contributed by atoms with Crippen molar-refractivity contribution < 1.29 is 4.79 Å². The molecule has 1 amide bonds. The molecule has 6 nitrogen and oxygen atoms in total. The monoisotopic (exact) mass is 357 g/mol. The van der Waals surface area contributed by atoms with Gasteiger partial charge in [-0.25, -0.2) is 0 Å². The SMILES string of the molecule is O=C(NCc1ccccn1)c1cccc(NCc2cccc3cn[nH]c23)c1. The molecule has 4 rings (SSSR count). The Morgan fingerprint density at radius 3 is 2.81 bits per heavy atom. The Morgan fingerprint density at radius 1 is 1.00 bits per heavy atom. The van der Waals surface area contributed by atoms with E-state index in [1.165, 1.54) is 0 Å². The zero-order valence-electron chi connectivity index (χ0n) is 14.6. The second-order valence-corrected chi connectivity index (χ2v) is 6.19. The van der Waals surface area contributed by atoms with Crippen LogP contribution in [-0.2, 0) is 13.1 Å². The van der Waals surface area contributed by atoms with Crippen LogP contribution < -0.4 is 10.6 Å². The molecule has 0 bridgehead atoms. The van der Waals surface area contributed by atoms with Crippen LogP contribution in [0.3, 0.4) is 0 Å². The number of hydrogen-bond acceptors (Lipinski definition) is 4. The number of benzene rings is 2. The minimum Gasteiger partial charge on any atom is -0.381 e. The molecular formula is C21H19N5O. The number of carbonyl (C=O) groups is 1. The van der Waals surface area contributed by atoms with Crippen molar-refractivity contribution in [3.63, 3.8) is 0 Å². The van der Waals surface area contributed by atoms with E-state index in [-0.39, 0.29) is 5.91 Å². The van der Waals surface area contributed by atoms with Crippen LogP contribution in [0.5, 0.6) is 0 Å². The molecule has 2 aromatic carbocycles. The Labute approximate surface area is 156 Å². The number of fused-ring (bicyclic) bond motifs is 1. The summed E-state index contributed by atoms with van der Waals surface area (Å²) in [5.41, 5.74) is 4.46. The average Bonchev–Trinajstić information content (AvgIpc) is 3.21. The highest BCUT2D eigenvalue weighted by Gasteiger charge is 2.07. The number of rotatable bonds is 6. The Hall–Kier alpha value is -3.67. The van der Waals surface area contributed by atoms with Crippen LogP contribution in [0, 0.1) is 0 Å². The van der Waals surface area contributed by atoms with Gasteiger partial charge in [-0.15, -0.1) is 0 Å². The van der Waals surface area contributed by atoms with Crippen molar-refractivity contribution in [1.82, 2.24) is 20.5 Å². The van der Waals surface area contributed by atoms with Crippen LogP contribution in [-0.4, -0.2) is 21.1 Å². The minimum atomic E-state index is -0.125. The van der Waals surface area contributed by atoms with Crippen LogP contribution in [0.25, 0.3) is 10.9 Å². The summed E-state index contributed by atoms with van der Waals surface area (Å²) in [6.07, 6.45) is 3.53. The fraction of sp³-hybridized carbons (Fsp3) is 0.0952. The van der Waals surface area contributed by atoms with Crippen LogP contribution >= 0.6 is 0 Å². The second kappa shape index (κ2) is 7.70. The first-order valence-electron chi connectivity index (χ1n) is 8.72. The van der Waals surface area contributed by atoms with Gasteiger partial charge in [0.25, 0.3) is 5.91 Å². The fourth-order valence-electron chi connectivity index (χ4n) is 2.92. The van der Waals surface area contributed by atoms with Crippen LogP contribution in [0.15, 0.2) is 73.1 Å². The predicted octanol–water partition coefficient (Wildman–Crippen LogP) is 3.50. The van der Waals surface area contributed by atoms with E-state index in [1.807, 2.05) is 54.7 Å². The quantitative estimate of drug-likeness (QED) is 0.493. The molecule has 0 aliphatic heterocycles. The lowest BCUT2D eigenvalue weighted by Gasteiger charge is -2.10. The summed E-state index contributed by atoms with van der Waals surface area (Å²) < 4.78 is 0. The highest BCUT2D eigenvalue weighted by atomic mass is 16.1. The maximum Gasteiger partial charge on any atom is 0.251 e. The minimum absolute atomic E-state index is 0.125. The first-order chi connectivity index (χ1) is 13.3. The van der Waals surface area contributed by atoms with Crippen molar-refractivity contribution >= 4 is 22.5 Å². The van der Waals surface area contributed by atoms with Gasteiger partial charge in [-0.1, -0.05) is 30.3 Å². The summed E-state index contributed by atoms with van der Waals surface area (Å²) in [7, 11) is 0. The van der Waals surface area contributed by atoms with Gasteiger partial charge in [0, 0.05) is 29.4 Å². The Balaban J connectivity index is 1.41. The zero-order chi connectivity index (χ0) is 18.5. The molecular weight excluding hydrogens is 338 g/mol. The van der Waals surface area contributed by atoms with E-state index >= 15 is 0 Å². The van der Waals surface area contributed by atoms with E-state index in [9.17, 15) is 4.79 Å². The third-order valence-electron chi connectivity index (χ3n) is 4.33. The van der Waals surface area contributed by atoms with Gasteiger partial charge in [0.05, 0.1) is 24.0 Å². The number of pyridine rings is 1. The number of nitrogens with zero attached hydrogens (tertiary/aromatic N) is 2. The van der Waals surface area contributed by atoms with Gasteiger partial charge >= 0.3 is 0 Å². The zero-order valence-corrected chi connectivity index (χ0v) is 14.6. The normalized spacial score (nSPS) is 10.7. The third kappa shape index (κ3) is 3.95. The van der Waals surface area contributed by atoms with Crippen molar-refractivity contribution in [3.8, 4) is 0 Å². The van der Waals surface area contributed by atoms with Crippen molar-refractivity contribution in [2.45, 2.75) is 13.1 Å². The number of amides is 1. The van der Waals surface area contributed by atoms with Gasteiger partial charge in [-0.05, 0) is 35.9 Å². The molecule has 0 unspecified atom stereocenters. The van der Waals surface area contributed by atoms with Gasteiger partial charge in [0.1, 0.15) is 0 Å². The van der Waals surface area contributed by atoms with Gasteiger partial charge in [0.2, 0.25) is 0 Å². The Morgan fingerprint density at radius 2 is 1.93 bits per heavy atom. The van der Waals surface area contributed by atoms with E-state index in [0.29, 0.717) is 18.7 Å². The summed E-state index contributed by atoms with van der Waals surface area (Å²) in [6.45, 7) is 1.04. The van der Waals surface area contributed by atoms with E-state index in [4.69, 9.17) is 0 Å². The molecule has 0 saturated heterocycles. The number of aromatic amines is 1. The van der Waals surface area contributed by atoms with E-state index in [0.717, 1.165) is 27.8 Å². The molecule has 0 atom stereocenters. The topological polar surface area (TPSA) is 82.7 Å². The molecule has 0 radical (unpaired) electrons. The van der Waals surface area contributed by atoms with Gasteiger partial charge < -0.3 is 10.6 Å². The maximum absolute atomic E-state index is 12.4. The first-order valence-corrected chi connectivity index (χ1v) is 8.72. The number of H-pyrrole nitrogens is 1. The van der Waals surface area contributed by atoms with Crippen molar-refractivity contribution in [2.75, 3.05) is 5.32 Å². The molecule has 6 heteroatoms. The lowest BCUT2D eigenvalue weighted by Crippen LogP contribution is -2.23. The number of hydrogen-bond donors (Lipinski definition) is 3. The summed E-state index contributed by atoms with van der Waals surface area (Å²) in [6, 6.07) is 19.2. The first kappa shape index (κ1) is 16.8. The lowest BCUT2D eigenvalue weighted by atomic mass is 10.1. The molecule has 27 heavy (non-hydrogen) atoms. The molecule has 0 spiro atoms. The summed E-state index contributed by atoms with van der Waals surface area (Å²) in [5.74, 6) is -0.125. The predicted molar refractivity (Wildman–Crippen MR) is 105 cm³/mol. The second-order valence-electron chi connectivity index (χ2n) is 6.19. The number of aromatic nitrogens is 3. The van der Waals surface area contributed by atoms with E-state index in [1.54, 1.807) is 12.3 Å². The van der Waals surface area contributed by atoms with E-state index in [2.05, 4.69) is 31.9 Å². The summed E-state index contributed by atoms with van der Waals surface area (Å²) in [4.78, 5) is 16.6. The molecule has 2 aromatic heterocycles. The molecule has 134 valence electrons. The van der Waals surface area contributed by atoms with Gasteiger partial charge in [-0.3, -0.25) is 14.9 Å². The van der Waals surface area contributed by atoms with Crippen LogP contribution in [0.4, 0.5) is 5.69 Å². The maximum atomic E-state index is 12.4. The van der Waals surface area contributed by atoms with Gasteiger partial charge in [-0.2, -0.15) is 5.10 Å². The average molecular weight is 357 g/mol. The summed E-state index contributed by atoms with van der Waals surface area (Å²) >= 11 is 0. The molecule has 0 fully saturated rings. The number of anilines is 1. The molecule has 3 N–H and O–H groups in total. The number of nitrogens with one attached hydrogen (secondary N) is 3. The smallest absolute Gasteiger partial charge is 0.251 e. The highest BCUT2D eigenvalue weighted by molar-refractivity contribution is 5.95. The molecule has 4 aromatic rings. The largest absolute Gasteiger partial charge is 0.381 e. The fourth-order valence-corrected chi connectivity index (χ4v) is 2.92. The van der Waals surface area contributed by atoms with Crippen molar-refractivity contribution in [1.29, 1.82) is 0 Å². The number of para-hydroxylation sites is 1. The summed E-state index contributed by atoms with van der Waals surface area (Å²) in [5, 5.41) is 14.5. The molecule has 0 saturated carbocycles. The van der Waals surface area contributed by atoms with Crippen LogP contribution in [0.1, 0.15) is 21.6 Å². The number of carbonyl (C=O) groups excluding carboxylic acids is 1. The Bertz CT molecular complexity index is 1060. The van der Waals surface area contributed by atoms with Crippen molar-refractivity contribution in [2.24, 2.45) is 0 Å². The van der Waals surface area contributed by atoms with E-state index < -0.39 is 0 Å². The highest BCUT2D eigenvalue weighted by Crippen LogP contribution is 2.18. The molecule has 2 heterocycles. The third-order valence-corrected chi connectivity index (χ3v) is 4.33.